The standard InChI is InChI=1S/C57H57ClF7N11O6/c1-28(2)51(55(79)74-16-4-5-44(74)54(78)68-43(26-77)31-10-12-32(13-11-31)45-38(59)14-15-39(60)49(45)62)76-25-42(72-73-76)30-8-6-29(7-9-30)27-82-52-47(46-36-23-67-71-41(36)21-40(61)48(46)58)37(57(63,64)65)20-35-50(52)69-56(81-18-17-80-3)70-53(35)75-24-33-19-34(75)22-66-33/h6-8,10-15,20-21,23,28,30,33-34,42-44,51,66,77H,4-5,9,16-19,22,24-27H2,1-3H3,(H,67,71)(H,68,78). The van der Waals surface area contributed by atoms with Gasteiger partial charge in [0.25, 0.3) is 0 Å². The van der Waals surface area contributed by atoms with Crippen molar-refractivity contribution in [2.75, 3.05) is 64.6 Å². The SMILES string of the molecule is COCCOc1nc(N2CC3CC2CN3)c2cc(C(F)(F)F)c(-c3c(Cl)c(F)cc4[nH]ncc34)c(OCC3=CCC(C4CN(C(C(=O)N5CCCC5C(=O)NC(CO)c5ccc(-c6c(F)ccc(F)c6F)cc5)C(C)C)N=N4)C=C3)c2n1. The maximum atomic E-state index is 15.8. The van der Waals surface area contributed by atoms with Crippen LogP contribution >= 0.6 is 11.6 Å². The van der Waals surface area contributed by atoms with Crippen molar-refractivity contribution in [2.24, 2.45) is 22.2 Å². The van der Waals surface area contributed by atoms with E-state index in [0.717, 1.165) is 24.6 Å². The number of rotatable bonds is 18. The molecule has 11 rings (SSSR count). The summed E-state index contributed by atoms with van der Waals surface area (Å²) in [6.07, 6.45) is 3.86. The number of carbonyl (C=O) groups is 2. The number of anilines is 1. The summed E-state index contributed by atoms with van der Waals surface area (Å²) in [7, 11) is 1.49. The van der Waals surface area contributed by atoms with Crippen LogP contribution in [0.2, 0.25) is 5.02 Å². The van der Waals surface area contributed by atoms with Crippen LogP contribution in [-0.4, -0.2) is 137 Å². The first-order valence-electron chi connectivity index (χ1n) is 26.9. The fourth-order valence-electron chi connectivity index (χ4n) is 11.8. The fraction of sp³-hybridized carbons (Fsp3) is 0.421. The summed E-state index contributed by atoms with van der Waals surface area (Å²) in [5.41, 5.74) is -1.42. The normalized spacial score (nSPS) is 21.4. The second kappa shape index (κ2) is 23.1. The van der Waals surface area contributed by atoms with E-state index in [1.165, 1.54) is 42.5 Å². The molecule has 3 fully saturated rings. The number of hydrogen-bond acceptors (Lipinski definition) is 14. The predicted molar refractivity (Wildman–Crippen MR) is 289 cm³/mol. The monoisotopic (exact) mass is 1160 g/mol. The van der Waals surface area contributed by atoms with Crippen LogP contribution in [0.4, 0.5) is 36.6 Å². The number of aromatic nitrogens is 4. The quantitative estimate of drug-likeness (QED) is 0.0362. The average molecular weight is 1160 g/mol. The topological polar surface area (TPSA) is 195 Å². The van der Waals surface area contributed by atoms with Crippen molar-refractivity contribution in [1.29, 1.82) is 0 Å². The molecule has 17 nitrogen and oxygen atoms in total. The number of benzene rings is 4. The number of methoxy groups -OCH3 is 1. The van der Waals surface area contributed by atoms with Gasteiger partial charge >= 0.3 is 12.2 Å². The van der Waals surface area contributed by atoms with Crippen molar-refractivity contribution in [3.8, 4) is 34.0 Å². The molecule has 4 aromatic carbocycles. The Morgan fingerprint density at radius 3 is 2.44 bits per heavy atom. The third-order valence-corrected chi connectivity index (χ3v) is 16.3. The number of aliphatic hydroxyl groups is 1. The summed E-state index contributed by atoms with van der Waals surface area (Å²) >= 11 is 6.68. The van der Waals surface area contributed by atoms with Crippen molar-refractivity contribution < 1.29 is 59.6 Å². The molecule has 82 heavy (non-hydrogen) atoms. The Morgan fingerprint density at radius 1 is 0.951 bits per heavy atom. The molecule has 0 radical (unpaired) electrons. The highest BCUT2D eigenvalue weighted by molar-refractivity contribution is 6.35. The summed E-state index contributed by atoms with van der Waals surface area (Å²) in [5.74, 6) is -5.96. The molecule has 432 valence electrons. The number of carbonyl (C=O) groups excluding carboxylic acids is 2. The Balaban J connectivity index is 0.815. The van der Waals surface area contributed by atoms with Gasteiger partial charge in [0.15, 0.2) is 17.4 Å². The van der Waals surface area contributed by atoms with Gasteiger partial charge in [-0.2, -0.15) is 33.4 Å². The maximum Gasteiger partial charge on any atom is 0.417 e. The van der Waals surface area contributed by atoms with Crippen LogP contribution < -0.4 is 25.0 Å². The van der Waals surface area contributed by atoms with Crippen LogP contribution in [0.25, 0.3) is 44.1 Å². The lowest BCUT2D eigenvalue weighted by Gasteiger charge is -2.34. The van der Waals surface area contributed by atoms with E-state index in [9.17, 15) is 27.9 Å². The molecule has 2 bridgehead atoms. The zero-order chi connectivity index (χ0) is 57.7. The van der Waals surface area contributed by atoms with E-state index in [0.29, 0.717) is 49.6 Å². The highest BCUT2D eigenvalue weighted by atomic mass is 35.5. The van der Waals surface area contributed by atoms with Gasteiger partial charge in [-0.15, -0.1) is 0 Å². The Labute approximate surface area is 470 Å². The number of alkyl halides is 3. The van der Waals surface area contributed by atoms with Crippen molar-refractivity contribution >= 4 is 51.0 Å². The minimum atomic E-state index is -5.03. The van der Waals surface area contributed by atoms with E-state index < -0.39 is 87.8 Å². The van der Waals surface area contributed by atoms with Gasteiger partial charge in [-0.1, -0.05) is 73.2 Å². The van der Waals surface area contributed by atoms with Crippen LogP contribution in [0.15, 0.2) is 88.9 Å². The number of nitrogens with one attached hydrogen (secondary N) is 3. The number of hydrogen-bond donors (Lipinski definition) is 4. The molecular formula is C57H57ClF7N11O6. The van der Waals surface area contributed by atoms with E-state index in [4.69, 9.17) is 30.8 Å². The smallest absolute Gasteiger partial charge is 0.417 e. The zero-order valence-corrected chi connectivity index (χ0v) is 45.4. The number of fused-ring (bicyclic) bond motifs is 4. The van der Waals surface area contributed by atoms with Gasteiger partial charge < -0.3 is 39.8 Å². The molecule has 6 aromatic rings. The molecule has 2 aromatic heterocycles. The maximum absolute atomic E-state index is 15.8. The van der Waals surface area contributed by atoms with E-state index >= 15 is 17.6 Å². The largest absolute Gasteiger partial charge is 0.486 e. The van der Waals surface area contributed by atoms with Gasteiger partial charge in [-0.25, -0.2) is 17.6 Å². The van der Waals surface area contributed by atoms with Gasteiger partial charge in [0.05, 0.1) is 59.7 Å². The molecule has 7 unspecified atom stereocenters. The van der Waals surface area contributed by atoms with Crippen LogP contribution in [-0.2, 0) is 20.5 Å². The van der Waals surface area contributed by atoms with Crippen molar-refractivity contribution in [1.82, 2.24) is 40.7 Å². The molecular weight excluding hydrogens is 1100 g/mol. The highest BCUT2D eigenvalue weighted by Gasteiger charge is 2.45. The Morgan fingerprint density at radius 2 is 1.74 bits per heavy atom. The number of aliphatic hydroxyl groups excluding tert-OH is 1. The van der Waals surface area contributed by atoms with Crippen LogP contribution in [0.5, 0.6) is 11.8 Å². The molecule has 4 N–H and O–H groups in total. The summed E-state index contributed by atoms with van der Waals surface area (Å²) < 4.78 is 124. The molecule has 4 aliphatic heterocycles. The van der Waals surface area contributed by atoms with Crippen molar-refractivity contribution in [3.63, 3.8) is 0 Å². The van der Waals surface area contributed by atoms with Gasteiger partial charge in [0.1, 0.15) is 48.3 Å². The second-order valence-electron chi connectivity index (χ2n) is 21.4. The number of nitrogens with zero attached hydrogens (tertiary/aromatic N) is 8. The van der Waals surface area contributed by atoms with E-state index in [2.05, 4.69) is 36.2 Å². The second-order valence-corrected chi connectivity index (χ2v) is 21.8. The van der Waals surface area contributed by atoms with Crippen LogP contribution in [0, 0.1) is 35.1 Å². The molecule has 0 saturated carbocycles. The number of H-pyrrole nitrogens is 1. The molecule has 0 spiro atoms. The summed E-state index contributed by atoms with van der Waals surface area (Å²) in [6, 6.07) is 6.03. The lowest BCUT2D eigenvalue weighted by Crippen LogP contribution is -2.54. The van der Waals surface area contributed by atoms with E-state index in [1.807, 2.05) is 30.9 Å². The fourth-order valence-corrected chi connectivity index (χ4v) is 12.1. The Hall–Kier alpha value is -7.41. The van der Waals surface area contributed by atoms with Gasteiger partial charge in [0, 0.05) is 72.7 Å². The highest BCUT2D eigenvalue weighted by Crippen LogP contribution is 2.52. The molecule has 2 amide bonds. The number of amides is 2. The van der Waals surface area contributed by atoms with Gasteiger partial charge in [-0.3, -0.25) is 19.7 Å². The lowest BCUT2D eigenvalue weighted by molar-refractivity contribution is -0.144. The van der Waals surface area contributed by atoms with E-state index in [-0.39, 0.29) is 113 Å². The zero-order valence-electron chi connectivity index (χ0n) is 44.6. The Kier molecular flexibility index (Phi) is 15.9. The average Bonchev–Trinajstić information content (AvgIpc) is 4.29. The molecule has 7 atom stereocenters. The first-order valence-corrected chi connectivity index (χ1v) is 27.3. The van der Waals surface area contributed by atoms with E-state index in [1.54, 1.807) is 11.1 Å². The van der Waals surface area contributed by atoms with Crippen molar-refractivity contribution in [2.45, 2.75) is 82.0 Å². The molecule has 6 heterocycles. The summed E-state index contributed by atoms with van der Waals surface area (Å²) in [6.45, 7) is 4.73. The number of aromatic amines is 1. The molecule has 3 saturated heterocycles. The number of halogens is 8. The first kappa shape index (κ1) is 56.5. The number of piperazine rings is 1. The number of likely N-dealkylation sites (tertiary alicyclic amines) is 1. The van der Waals surface area contributed by atoms with Crippen molar-refractivity contribution in [3.05, 3.63) is 118 Å². The van der Waals surface area contributed by atoms with Gasteiger partial charge in [-0.05, 0) is 66.5 Å². The Bertz CT molecular complexity index is 3530. The van der Waals surface area contributed by atoms with Crippen LogP contribution in [0.1, 0.15) is 56.7 Å². The van der Waals surface area contributed by atoms with Gasteiger partial charge in [0.2, 0.25) is 11.8 Å². The minimum absolute atomic E-state index is 0.0212. The minimum Gasteiger partial charge on any atom is -0.486 e. The summed E-state index contributed by atoms with van der Waals surface area (Å²) in [5, 5.41) is 33.5. The lowest BCUT2D eigenvalue weighted by atomic mass is 9.90. The third-order valence-electron chi connectivity index (χ3n) is 15.9. The molecule has 25 heteroatoms. The predicted octanol–water partition coefficient (Wildman–Crippen LogP) is 9.44. The third kappa shape index (κ3) is 10.8. The number of allylic oxidation sites excluding steroid dienone is 1. The number of ether oxygens (including phenoxy) is 3. The molecule has 5 aliphatic rings. The first-order chi connectivity index (χ1) is 39.4. The summed E-state index contributed by atoms with van der Waals surface area (Å²) in [4.78, 5) is 41.3. The van der Waals surface area contributed by atoms with Crippen LogP contribution in [0.3, 0.4) is 0 Å². The molecule has 1 aliphatic carbocycles.